The third-order valence-electron chi connectivity index (χ3n) is 2.27. The lowest BCUT2D eigenvalue weighted by molar-refractivity contribution is 0.133. The molecule has 0 amide bonds. The Labute approximate surface area is 63.6 Å². The van der Waals surface area contributed by atoms with E-state index in [9.17, 15) is 0 Å². The molecule has 1 aliphatic heterocycles. The first-order valence-corrected chi connectivity index (χ1v) is 3.96. The van der Waals surface area contributed by atoms with E-state index in [0.717, 1.165) is 13.1 Å². The smallest absolute Gasteiger partial charge is 0.0252 e. The van der Waals surface area contributed by atoms with E-state index in [4.69, 9.17) is 0 Å². The molecule has 1 fully saturated rings. The predicted molar refractivity (Wildman–Crippen MR) is 44.2 cm³/mol. The lowest BCUT2D eigenvalue weighted by Crippen LogP contribution is -2.59. The third kappa shape index (κ3) is 1.70. The van der Waals surface area contributed by atoms with Crippen LogP contribution in [-0.4, -0.2) is 36.6 Å². The van der Waals surface area contributed by atoms with Crippen LogP contribution in [0.25, 0.3) is 0 Å². The van der Waals surface area contributed by atoms with E-state index in [1.807, 2.05) is 0 Å². The molecule has 0 saturated carbocycles. The number of rotatable bonds is 0. The highest BCUT2D eigenvalue weighted by atomic mass is 15.2. The van der Waals surface area contributed by atoms with Gasteiger partial charge in [0.1, 0.15) is 0 Å². The van der Waals surface area contributed by atoms with Crippen LogP contribution in [0.3, 0.4) is 0 Å². The van der Waals surface area contributed by atoms with Crippen LogP contribution in [0, 0.1) is 0 Å². The van der Waals surface area contributed by atoms with Crippen LogP contribution < -0.4 is 5.32 Å². The third-order valence-corrected chi connectivity index (χ3v) is 2.27. The fraction of sp³-hybridized carbons (Fsp3) is 1.00. The minimum Gasteiger partial charge on any atom is -0.309 e. The molecule has 0 spiro atoms. The van der Waals surface area contributed by atoms with E-state index >= 15 is 0 Å². The molecule has 0 aromatic heterocycles. The molecule has 0 aliphatic carbocycles. The van der Waals surface area contributed by atoms with Crippen LogP contribution in [0.1, 0.15) is 20.8 Å². The number of nitrogens with one attached hydrogen (secondary N) is 1. The van der Waals surface area contributed by atoms with Crippen molar-refractivity contribution < 1.29 is 0 Å². The van der Waals surface area contributed by atoms with Crippen molar-refractivity contribution in [1.82, 2.24) is 10.2 Å². The summed E-state index contributed by atoms with van der Waals surface area (Å²) in [4.78, 5) is 2.40. The summed E-state index contributed by atoms with van der Waals surface area (Å²) in [5.41, 5.74) is 0.307. The molecular formula is C8H18N2. The Morgan fingerprint density at radius 2 is 2.10 bits per heavy atom. The summed E-state index contributed by atoms with van der Waals surface area (Å²) in [6, 6.07) is 0.688. The van der Waals surface area contributed by atoms with Gasteiger partial charge in [-0.25, -0.2) is 0 Å². The van der Waals surface area contributed by atoms with Crippen LogP contribution >= 0.6 is 0 Å². The Morgan fingerprint density at radius 3 is 2.50 bits per heavy atom. The average molecular weight is 142 g/mol. The Kier molecular flexibility index (Phi) is 2.02. The van der Waals surface area contributed by atoms with Gasteiger partial charge in [0.2, 0.25) is 0 Å². The van der Waals surface area contributed by atoms with Crippen molar-refractivity contribution in [3.8, 4) is 0 Å². The average Bonchev–Trinajstić information content (AvgIpc) is 1.79. The zero-order valence-electron chi connectivity index (χ0n) is 7.44. The van der Waals surface area contributed by atoms with Gasteiger partial charge in [-0.15, -0.1) is 0 Å². The Morgan fingerprint density at radius 1 is 1.50 bits per heavy atom. The maximum absolute atomic E-state index is 3.50. The number of piperazine rings is 1. The molecule has 1 heterocycles. The number of hydrogen-bond donors (Lipinski definition) is 1. The van der Waals surface area contributed by atoms with E-state index in [2.05, 4.69) is 38.0 Å². The second-order valence-electron chi connectivity index (χ2n) is 4.03. The monoisotopic (exact) mass is 142 g/mol. The van der Waals surface area contributed by atoms with E-state index in [1.54, 1.807) is 0 Å². The van der Waals surface area contributed by atoms with Gasteiger partial charge in [0.15, 0.2) is 0 Å². The van der Waals surface area contributed by atoms with E-state index < -0.39 is 0 Å². The van der Waals surface area contributed by atoms with Crippen LogP contribution in [0.15, 0.2) is 0 Å². The predicted octanol–water partition coefficient (Wildman–Crippen LogP) is 0.689. The van der Waals surface area contributed by atoms with Crippen LogP contribution in [-0.2, 0) is 0 Å². The lowest BCUT2D eigenvalue weighted by Gasteiger charge is -2.41. The first-order valence-electron chi connectivity index (χ1n) is 3.96. The van der Waals surface area contributed by atoms with Crippen LogP contribution in [0.4, 0.5) is 0 Å². The highest BCUT2D eigenvalue weighted by Crippen LogP contribution is 2.11. The zero-order chi connectivity index (χ0) is 7.78. The highest BCUT2D eigenvalue weighted by Gasteiger charge is 2.27. The summed E-state index contributed by atoms with van der Waals surface area (Å²) < 4.78 is 0. The molecule has 1 N–H and O–H groups in total. The van der Waals surface area contributed by atoms with Crippen molar-refractivity contribution in [3.63, 3.8) is 0 Å². The van der Waals surface area contributed by atoms with Gasteiger partial charge in [-0.3, -0.25) is 0 Å². The van der Waals surface area contributed by atoms with Crippen molar-refractivity contribution in [2.75, 3.05) is 20.1 Å². The van der Waals surface area contributed by atoms with Gasteiger partial charge in [0.05, 0.1) is 0 Å². The van der Waals surface area contributed by atoms with Crippen LogP contribution in [0.2, 0.25) is 0 Å². The van der Waals surface area contributed by atoms with Crippen LogP contribution in [0.5, 0.6) is 0 Å². The molecule has 0 bridgehead atoms. The Balaban J connectivity index is 2.49. The minimum absolute atomic E-state index is 0.307. The molecule has 1 aliphatic rings. The summed E-state index contributed by atoms with van der Waals surface area (Å²) >= 11 is 0. The molecule has 0 aromatic rings. The maximum Gasteiger partial charge on any atom is 0.0252 e. The quantitative estimate of drug-likeness (QED) is 0.535. The Hall–Kier alpha value is -0.0800. The SMILES string of the molecule is C[C@@H]1CNC(C)(C)CN1C. The molecule has 1 saturated heterocycles. The molecule has 0 radical (unpaired) electrons. The lowest BCUT2D eigenvalue weighted by atomic mass is 10.0. The van der Waals surface area contributed by atoms with Crippen molar-refractivity contribution in [2.45, 2.75) is 32.4 Å². The normalized spacial score (nSPS) is 34.2. The Bertz CT molecular complexity index is 120. The van der Waals surface area contributed by atoms with Gasteiger partial charge in [-0.05, 0) is 27.8 Å². The maximum atomic E-state index is 3.50. The molecule has 1 atom stereocenters. The summed E-state index contributed by atoms with van der Waals surface area (Å²) in [5.74, 6) is 0. The molecule has 2 heteroatoms. The van der Waals surface area contributed by atoms with Crippen molar-refractivity contribution in [2.24, 2.45) is 0 Å². The molecular weight excluding hydrogens is 124 g/mol. The number of nitrogens with zero attached hydrogens (tertiary/aromatic N) is 1. The topological polar surface area (TPSA) is 15.3 Å². The summed E-state index contributed by atoms with van der Waals surface area (Å²) in [6.07, 6.45) is 0. The minimum atomic E-state index is 0.307. The van der Waals surface area contributed by atoms with Crippen molar-refractivity contribution in [1.29, 1.82) is 0 Å². The summed E-state index contributed by atoms with van der Waals surface area (Å²) in [7, 11) is 2.19. The fourth-order valence-corrected chi connectivity index (χ4v) is 1.42. The molecule has 1 rings (SSSR count). The van der Waals surface area contributed by atoms with Gasteiger partial charge < -0.3 is 10.2 Å². The standard InChI is InChI=1S/C8H18N2/c1-7-5-9-8(2,3)6-10(7)4/h7,9H,5-6H2,1-4H3/t7-/m1/s1. The van der Waals surface area contributed by atoms with Gasteiger partial charge in [0, 0.05) is 24.7 Å². The molecule has 2 nitrogen and oxygen atoms in total. The number of hydrogen-bond acceptors (Lipinski definition) is 2. The van der Waals surface area contributed by atoms with E-state index in [-0.39, 0.29) is 0 Å². The van der Waals surface area contributed by atoms with Gasteiger partial charge in [-0.2, -0.15) is 0 Å². The largest absolute Gasteiger partial charge is 0.309 e. The van der Waals surface area contributed by atoms with Gasteiger partial charge >= 0.3 is 0 Å². The highest BCUT2D eigenvalue weighted by molar-refractivity contribution is 4.88. The molecule has 0 aromatic carbocycles. The molecule has 0 unspecified atom stereocenters. The molecule has 60 valence electrons. The van der Waals surface area contributed by atoms with Gasteiger partial charge in [-0.1, -0.05) is 0 Å². The summed E-state index contributed by atoms with van der Waals surface area (Å²) in [5, 5.41) is 3.50. The second kappa shape index (κ2) is 2.51. The van der Waals surface area contributed by atoms with E-state index in [0.29, 0.717) is 11.6 Å². The second-order valence-corrected chi connectivity index (χ2v) is 4.03. The first-order chi connectivity index (χ1) is 4.51. The van der Waals surface area contributed by atoms with E-state index in [1.165, 1.54) is 0 Å². The zero-order valence-corrected chi connectivity index (χ0v) is 7.44. The molecule has 10 heavy (non-hydrogen) atoms. The fourth-order valence-electron chi connectivity index (χ4n) is 1.42. The van der Waals surface area contributed by atoms with Gasteiger partial charge in [0.25, 0.3) is 0 Å². The van der Waals surface area contributed by atoms with Crippen molar-refractivity contribution >= 4 is 0 Å². The first kappa shape index (κ1) is 8.02. The summed E-state index contributed by atoms with van der Waals surface area (Å²) in [6.45, 7) is 9.00. The van der Waals surface area contributed by atoms with Crippen molar-refractivity contribution in [3.05, 3.63) is 0 Å². The number of likely N-dealkylation sites (N-methyl/N-ethyl adjacent to an activating group) is 1.